The number of aromatic nitrogens is 2. The van der Waals surface area contributed by atoms with Crippen molar-refractivity contribution in [1.29, 1.82) is 0 Å². The van der Waals surface area contributed by atoms with Gasteiger partial charge in [0.2, 0.25) is 0 Å². The molecule has 0 saturated heterocycles. The van der Waals surface area contributed by atoms with Crippen molar-refractivity contribution in [2.45, 2.75) is 13.5 Å². The van der Waals surface area contributed by atoms with Gasteiger partial charge in [0.25, 0.3) is 0 Å². The van der Waals surface area contributed by atoms with Crippen LogP contribution in [0.15, 0.2) is 42.5 Å². The predicted molar refractivity (Wildman–Crippen MR) is 77.8 cm³/mol. The number of aromatic carboxylic acids is 1. The summed E-state index contributed by atoms with van der Waals surface area (Å²) in [4.78, 5) is 15.4. The van der Waals surface area contributed by atoms with Crippen LogP contribution in [0.25, 0.3) is 22.4 Å². The number of imidazole rings is 1. The Labute approximate surface area is 120 Å². The Balaban J connectivity index is 2.27. The molecule has 3 aromatic rings. The Morgan fingerprint density at radius 2 is 2.05 bits per heavy atom. The summed E-state index contributed by atoms with van der Waals surface area (Å²) in [6, 6.07) is 11.3. The molecule has 0 unspecified atom stereocenters. The van der Waals surface area contributed by atoms with Crippen molar-refractivity contribution in [3.05, 3.63) is 53.8 Å². The number of hydrogen-bond donors (Lipinski definition) is 1. The molecule has 1 aromatic heterocycles. The van der Waals surface area contributed by atoms with Crippen LogP contribution in [0.5, 0.6) is 0 Å². The third kappa shape index (κ3) is 2.16. The van der Waals surface area contributed by atoms with Gasteiger partial charge in [-0.3, -0.25) is 0 Å². The second-order valence-electron chi connectivity index (χ2n) is 4.67. The van der Waals surface area contributed by atoms with Crippen LogP contribution in [-0.2, 0) is 6.54 Å². The second-order valence-corrected chi connectivity index (χ2v) is 4.67. The summed E-state index contributed by atoms with van der Waals surface area (Å²) in [6.07, 6.45) is 0. The molecule has 106 valence electrons. The zero-order chi connectivity index (χ0) is 15.0. The highest BCUT2D eigenvalue weighted by Gasteiger charge is 2.15. The third-order valence-corrected chi connectivity index (χ3v) is 3.41. The van der Waals surface area contributed by atoms with Gasteiger partial charge in [-0.15, -0.1) is 0 Å². The molecule has 3 rings (SSSR count). The molecule has 21 heavy (non-hydrogen) atoms. The van der Waals surface area contributed by atoms with Crippen molar-refractivity contribution < 1.29 is 14.3 Å². The fraction of sp³-hybridized carbons (Fsp3) is 0.125. The number of aryl methyl sites for hydroxylation is 1. The summed E-state index contributed by atoms with van der Waals surface area (Å²) in [7, 11) is 0. The molecule has 0 spiro atoms. The third-order valence-electron chi connectivity index (χ3n) is 3.41. The lowest BCUT2D eigenvalue weighted by Crippen LogP contribution is -2.00. The lowest BCUT2D eigenvalue weighted by Gasteiger charge is -2.06. The number of nitrogens with zero attached hydrogens (tertiary/aromatic N) is 2. The quantitative estimate of drug-likeness (QED) is 0.800. The number of benzene rings is 2. The van der Waals surface area contributed by atoms with Gasteiger partial charge in [0.1, 0.15) is 11.3 Å². The molecule has 1 heterocycles. The predicted octanol–water partition coefficient (Wildman–Crippen LogP) is 3.56. The minimum absolute atomic E-state index is 0.183. The van der Waals surface area contributed by atoms with Crippen molar-refractivity contribution >= 4 is 17.0 Å². The van der Waals surface area contributed by atoms with E-state index in [1.807, 2.05) is 11.5 Å². The number of hydrogen-bond acceptors (Lipinski definition) is 2. The smallest absolute Gasteiger partial charge is 0.335 e. The maximum absolute atomic E-state index is 13.9. The lowest BCUT2D eigenvalue weighted by atomic mass is 10.1. The highest BCUT2D eigenvalue weighted by Crippen LogP contribution is 2.26. The first-order valence-electron chi connectivity index (χ1n) is 6.60. The van der Waals surface area contributed by atoms with Crippen molar-refractivity contribution in [3.63, 3.8) is 0 Å². The number of rotatable bonds is 3. The van der Waals surface area contributed by atoms with Gasteiger partial charge < -0.3 is 9.67 Å². The van der Waals surface area contributed by atoms with Crippen LogP contribution in [0.2, 0.25) is 0 Å². The second kappa shape index (κ2) is 5.01. The van der Waals surface area contributed by atoms with Gasteiger partial charge in [0, 0.05) is 12.1 Å². The van der Waals surface area contributed by atoms with Gasteiger partial charge in [-0.2, -0.15) is 0 Å². The molecule has 0 aliphatic rings. The molecule has 5 heteroatoms. The molecule has 1 N–H and O–H groups in total. The summed E-state index contributed by atoms with van der Waals surface area (Å²) in [5.41, 5.74) is 1.85. The van der Waals surface area contributed by atoms with E-state index >= 15 is 0 Å². The van der Waals surface area contributed by atoms with Crippen LogP contribution in [0, 0.1) is 5.82 Å². The average Bonchev–Trinajstić information content (AvgIpc) is 2.87. The van der Waals surface area contributed by atoms with Crippen LogP contribution in [0.3, 0.4) is 0 Å². The van der Waals surface area contributed by atoms with Gasteiger partial charge in [-0.25, -0.2) is 14.2 Å². The Hall–Kier alpha value is -2.69. The molecule has 0 radical (unpaired) electrons. The van der Waals surface area contributed by atoms with Crippen molar-refractivity contribution in [3.8, 4) is 11.4 Å². The van der Waals surface area contributed by atoms with Gasteiger partial charge in [0.15, 0.2) is 5.82 Å². The van der Waals surface area contributed by atoms with E-state index in [1.165, 1.54) is 12.1 Å². The van der Waals surface area contributed by atoms with Crippen LogP contribution in [-0.4, -0.2) is 20.6 Å². The van der Waals surface area contributed by atoms with E-state index in [1.54, 1.807) is 30.3 Å². The fourth-order valence-electron chi connectivity index (χ4n) is 2.44. The standard InChI is InChI=1S/C16H13FN2O2/c1-2-19-13-8-4-7-12(17)14(13)18-15(19)10-5-3-6-11(9-10)16(20)21/h3-9H,2H2,1H3,(H,20,21). The van der Waals surface area contributed by atoms with Crippen LogP contribution < -0.4 is 0 Å². The summed E-state index contributed by atoms with van der Waals surface area (Å²) in [5.74, 6) is -0.807. The number of para-hydroxylation sites is 1. The lowest BCUT2D eigenvalue weighted by molar-refractivity contribution is 0.0697. The summed E-state index contributed by atoms with van der Waals surface area (Å²) >= 11 is 0. The number of carboxylic acids is 1. The van der Waals surface area contributed by atoms with E-state index in [-0.39, 0.29) is 11.4 Å². The van der Waals surface area contributed by atoms with Gasteiger partial charge in [0.05, 0.1) is 11.1 Å². The minimum atomic E-state index is -0.998. The van der Waals surface area contributed by atoms with Gasteiger partial charge in [-0.05, 0) is 31.2 Å². The largest absolute Gasteiger partial charge is 0.478 e. The first-order chi connectivity index (χ1) is 10.1. The summed E-state index contributed by atoms with van der Waals surface area (Å²) in [6.45, 7) is 2.56. The number of halogens is 1. The van der Waals surface area contributed by atoms with Crippen molar-refractivity contribution in [2.75, 3.05) is 0 Å². The molecular formula is C16H13FN2O2. The zero-order valence-electron chi connectivity index (χ0n) is 11.4. The van der Waals surface area contributed by atoms with E-state index in [0.717, 1.165) is 0 Å². The Bertz CT molecular complexity index is 839. The van der Waals surface area contributed by atoms with E-state index in [2.05, 4.69) is 4.98 Å². The van der Waals surface area contributed by atoms with E-state index in [4.69, 9.17) is 5.11 Å². The Kier molecular flexibility index (Phi) is 3.17. The molecule has 0 bridgehead atoms. The average molecular weight is 284 g/mol. The molecule has 0 fully saturated rings. The van der Waals surface area contributed by atoms with E-state index in [0.29, 0.717) is 29.0 Å². The fourth-order valence-corrected chi connectivity index (χ4v) is 2.44. The maximum Gasteiger partial charge on any atom is 0.335 e. The maximum atomic E-state index is 13.9. The molecule has 0 aliphatic carbocycles. The van der Waals surface area contributed by atoms with Gasteiger partial charge >= 0.3 is 5.97 Å². The summed E-state index contributed by atoms with van der Waals surface area (Å²) < 4.78 is 15.7. The van der Waals surface area contributed by atoms with Crippen LogP contribution in [0.1, 0.15) is 17.3 Å². The van der Waals surface area contributed by atoms with Gasteiger partial charge in [-0.1, -0.05) is 18.2 Å². The first-order valence-corrected chi connectivity index (χ1v) is 6.60. The Morgan fingerprint density at radius 3 is 2.76 bits per heavy atom. The number of fused-ring (bicyclic) bond motifs is 1. The van der Waals surface area contributed by atoms with Crippen LogP contribution >= 0.6 is 0 Å². The molecule has 0 atom stereocenters. The number of carboxylic acid groups (broad SMARTS) is 1. The topological polar surface area (TPSA) is 55.1 Å². The van der Waals surface area contributed by atoms with E-state index < -0.39 is 5.97 Å². The SMILES string of the molecule is CCn1c(-c2cccc(C(=O)O)c2)nc2c(F)cccc21. The molecular weight excluding hydrogens is 271 g/mol. The van der Waals surface area contributed by atoms with E-state index in [9.17, 15) is 9.18 Å². The first kappa shape index (κ1) is 13.3. The molecule has 0 amide bonds. The zero-order valence-corrected chi connectivity index (χ0v) is 11.4. The monoisotopic (exact) mass is 284 g/mol. The number of carbonyl (C=O) groups is 1. The van der Waals surface area contributed by atoms with Crippen LogP contribution in [0.4, 0.5) is 4.39 Å². The molecule has 2 aromatic carbocycles. The van der Waals surface area contributed by atoms with Crippen molar-refractivity contribution in [1.82, 2.24) is 9.55 Å². The molecule has 0 aliphatic heterocycles. The highest BCUT2D eigenvalue weighted by molar-refractivity contribution is 5.89. The Morgan fingerprint density at radius 1 is 1.29 bits per heavy atom. The summed E-state index contributed by atoms with van der Waals surface area (Å²) in [5, 5.41) is 9.08. The molecule has 4 nitrogen and oxygen atoms in total. The minimum Gasteiger partial charge on any atom is -0.478 e. The highest BCUT2D eigenvalue weighted by atomic mass is 19.1. The van der Waals surface area contributed by atoms with Crippen molar-refractivity contribution in [2.24, 2.45) is 0 Å². The normalized spacial score (nSPS) is 11.0. The molecule has 0 saturated carbocycles.